The van der Waals surface area contributed by atoms with Crippen LogP contribution in [0.1, 0.15) is 29.6 Å². The summed E-state index contributed by atoms with van der Waals surface area (Å²) in [5.41, 5.74) is 0.367. The van der Waals surface area contributed by atoms with E-state index in [4.69, 9.17) is 4.74 Å². The summed E-state index contributed by atoms with van der Waals surface area (Å²) in [7, 11) is 1.63. The van der Waals surface area contributed by atoms with Gasteiger partial charge in [0.25, 0.3) is 5.91 Å². The van der Waals surface area contributed by atoms with Gasteiger partial charge in [-0.05, 0) is 25.0 Å². The Bertz CT molecular complexity index is 825. The molecule has 2 aliphatic rings. The number of rotatable bonds is 4. The number of carbonyl (C=O) groups is 2. The second kappa shape index (κ2) is 7.15. The zero-order valence-corrected chi connectivity index (χ0v) is 15.5. The number of carbonyl (C=O) groups excluding carboxylic acids is 2. The lowest BCUT2D eigenvalue weighted by Gasteiger charge is -2.46. The van der Waals surface area contributed by atoms with Crippen LogP contribution < -0.4 is 4.90 Å². The maximum Gasteiger partial charge on any atom is 0.253 e. The van der Waals surface area contributed by atoms with Crippen LogP contribution in [0, 0.1) is 0 Å². The van der Waals surface area contributed by atoms with Crippen LogP contribution >= 0.6 is 0 Å². The zero-order valence-electron chi connectivity index (χ0n) is 15.5. The molecule has 1 aromatic heterocycles. The van der Waals surface area contributed by atoms with Crippen molar-refractivity contribution in [2.75, 3.05) is 38.3 Å². The highest BCUT2D eigenvalue weighted by Crippen LogP contribution is 2.40. The number of fused-ring (bicyclic) bond motifs is 2. The smallest absolute Gasteiger partial charge is 0.253 e. The van der Waals surface area contributed by atoms with Crippen LogP contribution in [0.15, 0.2) is 42.6 Å². The zero-order chi connectivity index (χ0) is 18.9. The molecular weight excluding hydrogens is 344 g/mol. The van der Waals surface area contributed by atoms with Crippen LogP contribution in [-0.4, -0.2) is 59.8 Å². The lowest BCUT2D eigenvalue weighted by molar-refractivity contribution is -0.123. The van der Waals surface area contributed by atoms with Gasteiger partial charge in [-0.2, -0.15) is 5.10 Å². The normalized spacial score (nSPS) is 18.6. The van der Waals surface area contributed by atoms with Crippen molar-refractivity contribution in [2.24, 2.45) is 0 Å². The minimum absolute atomic E-state index is 0.0509. The topological polar surface area (TPSA) is 67.7 Å². The van der Waals surface area contributed by atoms with Crippen molar-refractivity contribution in [2.45, 2.75) is 24.8 Å². The highest BCUT2D eigenvalue weighted by atomic mass is 16.5. The molecular formula is C20H24N4O3. The molecule has 4 rings (SSSR count). The molecule has 1 saturated heterocycles. The summed E-state index contributed by atoms with van der Waals surface area (Å²) in [6.07, 6.45) is 3.62. The van der Waals surface area contributed by atoms with Gasteiger partial charge >= 0.3 is 0 Å². The summed E-state index contributed by atoms with van der Waals surface area (Å²) in [6, 6.07) is 11.2. The van der Waals surface area contributed by atoms with Gasteiger partial charge in [0.1, 0.15) is 5.82 Å². The highest BCUT2D eigenvalue weighted by molar-refractivity contribution is 5.95. The largest absolute Gasteiger partial charge is 0.383 e. The minimum atomic E-state index is -0.340. The first-order valence-corrected chi connectivity index (χ1v) is 9.33. The molecule has 0 radical (unpaired) electrons. The molecule has 0 aliphatic carbocycles. The molecule has 1 aromatic carbocycles. The first-order valence-electron chi connectivity index (χ1n) is 9.33. The molecule has 142 valence electrons. The van der Waals surface area contributed by atoms with Gasteiger partial charge in [-0.25, -0.2) is 4.68 Å². The van der Waals surface area contributed by atoms with E-state index in [0.717, 1.165) is 18.7 Å². The number of ether oxygens (including phenoxy) is 1. The first-order chi connectivity index (χ1) is 13.1. The third-order valence-corrected chi connectivity index (χ3v) is 5.65. The summed E-state index contributed by atoms with van der Waals surface area (Å²) in [6.45, 7) is 2.26. The number of aromatic nitrogens is 2. The van der Waals surface area contributed by atoms with Crippen molar-refractivity contribution in [1.82, 2.24) is 14.7 Å². The van der Waals surface area contributed by atoms with Gasteiger partial charge in [0.15, 0.2) is 0 Å². The van der Waals surface area contributed by atoms with E-state index in [1.165, 1.54) is 0 Å². The predicted octanol–water partition coefficient (Wildman–Crippen LogP) is 1.90. The van der Waals surface area contributed by atoms with Gasteiger partial charge in [-0.3, -0.25) is 14.5 Å². The van der Waals surface area contributed by atoms with E-state index in [0.29, 0.717) is 38.2 Å². The lowest BCUT2D eigenvalue weighted by atomic mass is 9.82. The molecule has 2 aliphatic heterocycles. The molecule has 3 heterocycles. The lowest BCUT2D eigenvalue weighted by Crippen LogP contribution is -2.55. The van der Waals surface area contributed by atoms with Crippen molar-refractivity contribution >= 4 is 17.6 Å². The quantitative estimate of drug-likeness (QED) is 0.827. The number of hydrogen-bond acceptors (Lipinski definition) is 4. The molecule has 7 heteroatoms. The molecule has 0 bridgehead atoms. The number of methoxy groups -OCH3 is 1. The summed E-state index contributed by atoms with van der Waals surface area (Å²) >= 11 is 0. The van der Waals surface area contributed by atoms with E-state index in [-0.39, 0.29) is 17.4 Å². The fraction of sp³-hybridized carbons (Fsp3) is 0.450. The van der Waals surface area contributed by atoms with Crippen LogP contribution in [0.25, 0.3) is 0 Å². The molecule has 2 aromatic rings. The number of anilines is 1. The molecule has 2 amide bonds. The fourth-order valence-corrected chi connectivity index (χ4v) is 4.15. The number of piperidine rings is 1. The Hall–Kier alpha value is -2.67. The number of hydrogen-bond donors (Lipinski definition) is 0. The van der Waals surface area contributed by atoms with Crippen molar-refractivity contribution in [1.29, 1.82) is 0 Å². The second-order valence-corrected chi connectivity index (χ2v) is 7.20. The molecule has 7 nitrogen and oxygen atoms in total. The molecule has 0 N–H and O–H groups in total. The average molecular weight is 368 g/mol. The van der Waals surface area contributed by atoms with E-state index in [2.05, 4.69) is 5.10 Å². The second-order valence-electron chi connectivity index (χ2n) is 7.20. The molecule has 0 atom stereocenters. The van der Waals surface area contributed by atoms with Crippen LogP contribution in [0.4, 0.5) is 5.82 Å². The summed E-state index contributed by atoms with van der Waals surface area (Å²) in [5.74, 6) is 0.976. The Kier molecular flexibility index (Phi) is 4.70. The number of amides is 2. The highest BCUT2D eigenvalue weighted by Gasteiger charge is 2.46. The SMILES string of the molecule is COCCN1C(=O)CC2(CCN(C(=O)c3ccccc3)CC2)n2nccc21. The van der Waals surface area contributed by atoms with Gasteiger partial charge in [0.05, 0.1) is 31.3 Å². The first kappa shape index (κ1) is 17.7. The Balaban J connectivity index is 1.52. The number of likely N-dealkylation sites (tertiary alicyclic amines) is 1. The Morgan fingerprint density at radius 2 is 1.93 bits per heavy atom. The van der Waals surface area contributed by atoms with Crippen molar-refractivity contribution in [3.63, 3.8) is 0 Å². The number of benzene rings is 1. The third kappa shape index (κ3) is 3.12. The van der Waals surface area contributed by atoms with Gasteiger partial charge in [0, 0.05) is 31.8 Å². The van der Waals surface area contributed by atoms with Gasteiger partial charge in [-0.1, -0.05) is 18.2 Å². The molecule has 1 spiro atoms. The Morgan fingerprint density at radius 3 is 2.63 bits per heavy atom. The maximum atomic E-state index is 12.8. The predicted molar refractivity (Wildman–Crippen MR) is 101 cm³/mol. The van der Waals surface area contributed by atoms with E-state index in [9.17, 15) is 9.59 Å². The standard InChI is InChI=1S/C20H24N4O3/c1-27-14-13-23-17-7-10-21-24(17)20(15-18(23)25)8-11-22(12-9-20)19(26)16-5-3-2-4-6-16/h2-7,10H,8-9,11-15H2,1H3. The van der Waals surface area contributed by atoms with Crippen molar-refractivity contribution in [3.8, 4) is 0 Å². The van der Waals surface area contributed by atoms with E-state index in [1.807, 2.05) is 46.0 Å². The van der Waals surface area contributed by atoms with Gasteiger partial charge < -0.3 is 9.64 Å². The fourth-order valence-electron chi connectivity index (χ4n) is 4.15. The monoisotopic (exact) mass is 368 g/mol. The molecule has 0 unspecified atom stereocenters. The number of nitrogens with zero attached hydrogens (tertiary/aromatic N) is 4. The van der Waals surface area contributed by atoms with E-state index >= 15 is 0 Å². The van der Waals surface area contributed by atoms with E-state index in [1.54, 1.807) is 18.2 Å². The Labute approximate surface area is 158 Å². The van der Waals surface area contributed by atoms with Crippen LogP contribution in [0.5, 0.6) is 0 Å². The van der Waals surface area contributed by atoms with Crippen molar-refractivity contribution in [3.05, 3.63) is 48.2 Å². The summed E-state index contributed by atoms with van der Waals surface area (Å²) in [4.78, 5) is 29.2. The van der Waals surface area contributed by atoms with E-state index < -0.39 is 0 Å². The minimum Gasteiger partial charge on any atom is -0.383 e. The average Bonchev–Trinajstić information content (AvgIpc) is 3.19. The van der Waals surface area contributed by atoms with Gasteiger partial charge in [0.2, 0.25) is 5.91 Å². The maximum absolute atomic E-state index is 12.8. The summed E-state index contributed by atoms with van der Waals surface area (Å²) in [5, 5.41) is 4.53. The van der Waals surface area contributed by atoms with Crippen LogP contribution in [-0.2, 0) is 15.1 Å². The summed E-state index contributed by atoms with van der Waals surface area (Å²) < 4.78 is 7.13. The van der Waals surface area contributed by atoms with Gasteiger partial charge in [-0.15, -0.1) is 0 Å². The molecule has 1 fully saturated rings. The van der Waals surface area contributed by atoms with Crippen molar-refractivity contribution < 1.29 is 14.3 Å². The van der Waals surface area contributed by atoms with Crippen LogP contribution in [0.2, 0.25) is 0 Å². The Morgan fingerprint density at radius 1 is 1.19 bits per heavy atom. The third-order valence-electron chi connectivity index (χ3n) is 5.65. The molecule has 27 heavy (non-hydrogen) atoms. The molecule has 0 saturated carbocycles. The van der Waals surface area contributed by atoms with Crippen LogP contribution in [0.3, 0.4) is 0 Å².